The highest BCUT2D eigenvalue weighted by molar-refractivity contribution is 14.0. The number of aliphatic imine (C=N–C) groups is 1. The Morgan fingerprint density at radius 3 is 2.71 bits per heavy atom. The molecule has 1 aromatic carbocycles. The van der Waals surface area contributed by atoms with Gasteiger partial charge >= 0.3 is 0 Å². The molecular weight excluding hydrogens is 507 g/mol. The van der Waals surface area contributed by atoms with Crippen LogP contribution in [0.3, 0.4) is 0 Å². The summed E-state index contributed by atoms with van der Waals surface area (Å²) in [7, 11) is 0. The maximum Gasteiger partial charge on any atom is 0.231 e. The van der Waals surface area contributed by atoms with E-state index in [9.17, 15) is 0 Å². The number of hydrogen-bond acceptors (Lipinski definition) is 5. The summed E-state index contributed by atoms with van der Waals surface area (Å²) in [6, 6.07) is 12.3. The first-order chi connectivity index (χ1) is 14.8. The molecule has 2 aromatic rings. The second-order valence-corrected chi connectivity index (χ2v) is 7.65. The lowest BCUT2D eigenvalue weighted by Crippen LogP contribution is -2.41. The smallest absolute Gasteiger partial charge is 0.231 e. The number of rotatable bonds is 7. The highest BCUT2D eigenvalue weighted by Gasteiger charge is 2.35. The Bertz CT molecular complexity index is 857. The SMILES string of the molecule is CCNC(=NCC1(c2ccc3c(c2)OCO3)CCOCC1)NCCc1ccccn1.I. The molecule has 0 saturated carbocycles. The third-order valence-corrected chi connectivity index (χ3v) is 5.72. The van der Waals surface area contributed by atoms with Gasteiger partial charge in [0.15, 0.2) is 17.5 Å². The predicted octanol–water partition coefficient (Wildman–Crippen LogP) is 3.27. The van der Waals surface area contributed by atoms with Crippen molar-refractivity contribution in [2.75, 3.05) is 39.6 Å². The van der Waals surface area contributed by atoms with E-state index in [0.29, 0.717) is 6.54 Å². The van der Waals surface area contributed by atoms with Gasteiger partial charge in [-0.25, -0.2) is 0 Å². The fraction of sp³-hybridized carbons (Fsp3) is 0.478. The summed E-state index contributed by atoms with van der Waals surface area (Å²) in [5.74, 6) is 2.47. The van der Waals surface area contributed by atoms with Crippen molar-refractivity contribution in [1.82, 2.24) is 15.6 Å². The molecule has 8 heteroatoms. The minimum Gasteiger partial charge on any atom is -0.454 e. The Balaban J connectivity index is 0.00000272. The zero-order chi connectivity index (χ0) is 20.7. The molecule has 0 radical (unpaired) electrons. The largest absolute Gasteiger partial charge is 0.454 e. The standard InChI is InChI=1S/C23H30N4O3.HI/c1-2-24-22(26-12-8-19-5-3-4-11-25-19)27-16-23(9-13-28-14-10-23)18-6-7-20-21(15-18)30-17-29-20;/h3-7,11,15H,2,8-10,12-14,16-17H2,1H3,(H2,24,26,27);1H. The number of nitrogens with zero attached hydrogens (tertiary/aromatic N) is 2. The predicted molar refractivity (Wildman–Crippen MR) is 132 cm³/mol. The molecule has 3 heterocycles. The molecule has 0 bridgehead atoms. The first-order valence-electron chi connectivity index (χ1n) is 10.7. The zero-order valence-corrected chi connectivity index (χ0v) is 20.3. The topological polar surface area (TPSA) is 77.0 Å². The van der Waals surface area contributed by atoms with Gasteiger partial charge in [-0.3, -0.25) is 9.98 Å². The lowest BCUT2D eigenvalue weighted by Gasteiger charge is -2.36. The lowest BCUT2D eigenvalue weighted by atomic mass is 9.74. The molecule has 2 aliphatic rings. The number of benzene rings is 1. The zero-order valence-electron chi connectivity index (χ0n) is 17.9. The average Bonchev–Trinajstić information content (AvgIpc) is 3.27. The van der Waals surface area contributed by atoms with Crippen molar-refractivity contribution in [3.8, 4) is 11.5 Å². The van der Waals surface area contributed by atoms with Gasteiger partial charge in [0.25, 0.3) is 0 Å². The van der Waals surface area contributed by atoms with Crippen molar-refractivity contribution in [2.24, 2.45) is 4.99 Å². The maximum absolute atomic E-state index is 5.66. The normalized spacial score (nSPS) is 17.0. The molecule has 4 rings (SSSR count). The number of pyridine rings is 1. The van der Waals surface area contributed by atoms with Crippen molar-refractivity contribution < 1.29 is 14.2 Å². The minimum absolute atomic E-state index is 0. The van der Waals surface area contributed by atoms with Crippen LogP contribution in [0.1, 0.15) is 31.0 Å². The van der Waals surface area contributed by atoms with Crippen LogP contribution in [0.2, 0.25) is 0 Å². The van der Waals surface area contributed by atoms with E-state index in [1.165, 1.54) is 5.56 Å². The highest BCUT2D eigenvalue weighted by Crippen LogP contribution is 2.41. The monoisotopic (exact) mass is 538 g/mol. The number of nitrogens with one attached hydrogen (secondary N) is 2. The molecule has 0 atom stereocenters. The second kappa shape index (κ2) is 11.5. The summed E-state index contributed by atoms with van der Waals surface area (Å²) in [6.07, 6.45) is 4.55. The van der Waals surface area contributed by atoms with E-state index in [1.54, 1.807) is 0 Å². The Morgan fingerprint density at radius 1 is 1.10 bits per heavy atom. The van der Waals surface area contributed by atoms with E-state index in [1.807, 2.05) is 30.5 Å². The van der Waals surface area contributed by atoms with Gasteiger partial charge in [0.1, 0.15) is 0 Å². The Labute approximate surface area is 201 Å². The maximum atomic E-state index is 5.66. The molecule has 7 nitrogen and oxygen atoms in total. The van der Waals surface area contributed by atoms with Crippen molar-refractivity contribution in [1.29, 1.82) is 0 Å². The van der Waals surface area contributed by atoms with Crippen LogP contribution in [-0.2, 0) is 16.6 Å². The molecular formula is C23H31IN4O3. The van der Waals surface area contributed by atoms with E-state index in [-0.39, 0.29) is 36.2 Å². The third kappa shape index (κ3) is 6.00. The van der Waals surface area contributed by atoms with Gasteiger partial charge in [0, 0.05) is 50.0 Å². The molecule has 2 aliphatic heterocycles. The molecule has 0 unspecified atom stereocenters. The van der Waals surface area contributed by atoms with E-state index >= 15 is 0 Å². The highest BCUT2D eigenvalue weighted by atomic mass is 127. The van der Waals surface area contributed by atoms with Crippen LogP contribution in [0, 0.1) is 0 Å². The first kappa shape index (κ1) is 23.6. The summed E-state index contributed by atoms with van der Waals surface area (Å²) >= 11 is 0. The Hall–Kier alpha value is -2.07. The van der Waals surface area contributed by atoms with Crippen molar-refractivity contribution in [2.45, 2.75) is 31.6 Å². The second-order valence-electron chi connectivity index (χ2n) is 7.65. The number of ether oxygens (including phenoxy) is 3. The average molecular weight is 538 g/mol. The molecule has 168 valence electrons. The fourth-order valence-corrected chi connectivity index (χ4v) is 3.95. The molecule has 0 spiro atoms. The van der Waals surface area contributed by atoms with Crippen LogP contribution in [0.5, 0.6) is 11.5 Å². The van der Waals surface area contributed by atoms with Crippen LogP contribution in [0.4, 0.5) is 0 Å². The molecule has 1 fully saturated rings. The van der Waals surface area contributed by atoms with E-state index in [0.717, 1.165) is 68.7 Å². The van der Waals surface area contributed by atoms with Gasteiger partial charge in [-0.05, 0) is 49.6 Å². The first-order valence-corrected chi connectivity index (χ1v) is 10.7. The van der Waals surface area contributed by atoms with Crippen LogP contribution in [-0.4, -0.2) is 50.6 Å². The van der Waals surface area contributed by atoms with Crippen molar-refractivity contribution in [3.05, 3.63) is 53.9 Å². The summed E-state index contributed by atoms with van der Waals surface area (Å²) < 4.78 is 16.8. The fourth-order valence-electron chi connectivity index (χ4n) is 3.95. The van der Waals surface area contributed by atoms with Gasteiger partial charge in [-0.15, -0.1) is 24.0 Å². The van der Waals surface area contributed by atoms with E-state index < -0.39 is 0 Å². The molecule has 31 heavy (non-hydrogen) atoms. The number of guanidine groups is 1. The van der Waals surface area contributed by atoms with Crippen LogP contribution in [0.15, 0.2) is 47.6 Å². The molecule has 1 saturated heterocycles. The lowest BCUT2D eigenvalue weighted by molar-refractivity contribution is 0.0530. The molecule has 2 N–H and O–H groups in total. The molecule has 1 aromatic heterocycles. The summed E-state index contributed by atoms with van der Waals surface area (Å²) in [6.45, 7) is 6.14. The van der Waals surface area contributed by atoms with Gasteiger partial charge in [0.2, 0.25) is 6.79 Å². The summed E-state index contributed by atoms with van der Waals surface area (Å²) in [4.78, 5) is 9.34. The molecule has 0 amide bonds. The summed E-state index contributed by atoms with van der Waals surface area (Å²) in [5, 5.41) is 6.80. The van der Waals surface area contributed by atoms with Gasteiger partial charge in [0.05, 0.1) is 6.54 Å². The minimum atomic E-state index is -0.0669. The third-order valence-electron chi connectivity index (χ3n) is 5.72. The number of fused-ring (bicyclic) bond motifs is 1. The van der Waals surface area contributed by atoms with Gasteiger partial charge in [-0.1, -0.05) is 12.1 Å². The van der Waals surface area contributed by atoms with Crippen molar-refractivity contribution in [3.63, 3.8) is 0 Å². The number of aromatic nitrogens is 1. The van der Waals surface area contributed by atoms with Gasteiger partial charge < -0.3 is 24.8 Å². The van der Waals surface area contributed by atoms with Crippen LogP contribution in [0.25, 0.3) is 0 Å². The Morgan fingerprint density at radius 2 is 1.94 bits per heavy atom. The quantitative estimate of drug-likeness (QED) is 0.320. The van der Waals surface area contributed by atoms with E-state index in [2.05, 4.69) is 34.7 Å². The van der Waals surface area contributed by atoms with Crippen LogP contribution < -0.4 is 20.1 Å². The van der Waals surface area contributed by atoms with Gasteiger partial charge in [-0.2, -0.15) is 0 Å². The number of hydrogen-bond donors (Lipinski definition) is 2. The van der Waals surface area contributed by atoms with E-state index in [4.69, 9.17) is 19.2 Å². The Kier molecular flexibility index (Phi) is 8.77. The number of halogens is 1. The van der Waals surface area contributed by atoms with Crippen LogP contribution >= 0.6 is 24.0 Å². The van der Waals surface area contributed by atoms with Crippen molar-refractivity contribution >= 4 is 29.9 Å². The molecule has 0 aliphatic carbocycles. The summed E-state index contributed by atoms with van der Waals surface area (Å²) in [5.41, 5.74) is 2.24.